The summed E-state index contributed by atoms with van der Waals surface area (Å²) < 4.78 is 4.63. The van der Waals surface area contributed by atoms with Crippen molar-refractivity contribution in [1.82, 2.24) is 0 Å². The molecule has 1 amide bonds. The Labute approximate surface area is 105 Å². The Kier molecular flexibility index (Phi) is 4.52. The van der Waals surface area contributed by atoms with Crippen LogP contribution in [0.25, 0.3) is 0 Å². The van der Waals surface area contributed by atoms with Gasteiger partial charge in [0.15, 0.2) is 0 Å². The Balaban J connectivity index is 3.06. The smallest absolute Gasteiger partial charge is 0.340 e. The van der Waals surface area contributed by atoms with Crippen molar-refractivity contribution in [3.8, 4) is 0 Å². The Hall–Kier alpha value is -1.55. The zero-order valence-electron chi connectivity index (χ0n) is 9.91. The van der Waals surface area contributed by atoms with E-state index < -0.39 is 5.97 Å². The second-order valence-corrected chi connectivity index (χ2v) is 4.26. The van der Waals surface area contributed by atoms with Gasteiger partial charge in [-0.15, -0.1) is 0 Å². The molecule has 0 aromatic heterocycles. The summed E-state index contributed by atoms with van der Waals surface area (Å²) in [5.41, 5.74) is 0.647. The number of carbonyl (C=O) groups excluding carboxylic acids is 2. The van der Waals surface area contributed by atoms with Crippen molar-refractivity contribution in [2.45, 2.75) is 13.8 Å². The second-order valence-electron chi connectivity index (χ2n) is 3.83. The largest absolute Gasteiger partial charge is 0.465 e. The number of nitrogens with one attached hydrogen (secondary N) is 1. The molecule has 0 bridgehead atoms. The Bertz CT molecular complexity index is 443. The number of carbonyl (C=O) groups is 2. The van der Waals surface area contributed by atoms with E-state index in [4.69, 9.17) is 11.6 Å². The third-order valence-corrected chi connectivity index (χ3v) is 2.40. The first-order valence-corrected chi connectivity index (χ1v) is 5.52. The lowest BCUT2D eigenvalue weighted by atomic mass is 10.1. The maximum absolute atomic E-state index is 11.6. The van der Waals surface area contributed by atoms with Gasteiger partial charge in [0.1, 0.15) is 0 Å². The monoisotopic (exact) mass is 255 g/mol. The van der Waals surface area contributed by atoms with E-state index in [1.54, 1.807) is 26.0 Å². The van der Waals surface area contributed by atoms with Crippen LogP contribution in [-0.4, -0.2) is 19.0 Å². The van der Waals surface area contributed by atoms with Gasteiger partial charge >= 0.3 is 5.97 Å². The minimum atomic E-state index is -0.536. The van der Waals surface area contributed by atoms with Crippen LogP contribution in [0.1, 0.15) is 24.2 Å². The van der Waals surface area contributed by atoms with Gasteiger partial charge in [-0.3, -0.25) is 4.79 Å². The number of hydrogen-bond acceptors (Lipinski definition) is 3. The van der Waals surface area contributed by atoms with Crippen LogP contribution in [0.2, 0.25) is 5.02 Å². The Morgan fingerprint density at radius 3 is 2.53 bits per heavy atom. The molecule has 0 aliphatic carbocycles. The van der Waals surface area contributed by atoms with Gasteiger partial charge in [-0.1, -0.05) is 25.4 Å². The normalized spacial score (nSPS) is 10.2. The molecule has 0 unspecified atom stereocenters. The van der Waals surface area contributed by atoms with Crippen LogP contribution in [0.3, 0.4) is 0 Å². The van der Waals surface area contributed by atoms with Crippen molar-refractivity contribution in [1.29, 1.82) is 0 Å². The summed E-state index contributed by atoms with van der Waals surface area (Å²) in [5, 5.41) is 3.06. The molecule has 0 heterocycles. The van der Waals surface area contributed by atoms with E-state index in [2.05, 4.69) is 10.1 Å². The van der Waals surface area contributed by atoms with Crippen LogP contribution >= 0.6 is 11.6 Å². The number of esters is 1. The van der Waals surface area contributed by atoms with Gasteiger partial charge in [0.05, 0.1) is 18.4 Å². The Morgan fingerprint density at radius 1 is 1.35 bits per heavy atom. The van der Waals surface area contributed by atoms with Crippen LogP contribution in [-0.2, 0) is 9.53 Å². The van der Waals surface area contributed by atoms with Crippen LogP contribution in [0.5, 0.6) is 0 Å². The average molecular weight is 256 g/mol. The molecule has 0 saturated carbocycles. The van der Waals surface area contributed by atoms with E-state index >= 15 is 0 Å². The maximum atomic E-state index is 11.6. The third kappa shape index (κ3) is 3.46. The predicted octanol–water partition coefficient (Wildman–Crippen LogP) is 2.72. The number of amides is 1. The minimum Gasteiger partial charge on any atom is -0.465 e. The van der Waals surface area contributed by atoms with Crippen molar-refractivity contribution in [2.24, 2.45) is 5.92 Å². The van der Waals surface area contributed by atoms with Crippen molar-refractivity contribution >= 4 is 29.2 Å². The molecule has 92 valence electrons. The van der Waals surface area contributed by atoms with Crippen LogP contribution in [0.4, 0.5) is 5.69 Å². The lowest BCUT2D eigenvalue weighted by Gasteiger charge is -2.11. The Morgan fingerprint density at radius 2 is 2.00 bits per heavy atom. The first-order valence-electron chi connectivity index (χ1n) is 5.14. The number of anilines is 1. The van der Waals surface area contributed by atoms with E-state index in [1.165, 1.54) is 13.2 Å². The van der Waals surface area contributed by atoms with Crippen LogP contribution in [0, 0.1) is 5.92 Å². The summed E-state index contributed by atoms with van der Waals surface area (Å²) in [6, 6.07) is 4.64. The van der Waals surface area contributed by atoms with Gasteiger partial charge in [0.2, 0.25) is 5.91 Å². The fourth-order valence-electron chi connectivity index (χ4n) is 1.18. The standard InChI is InChI=1S/C12H14ClNO3/c1-7(2)11(15)14-10-5-4-8(13)6-9(10)12(16)17-3/h4-7H,1-3H3,(H,14,15). The van der Waals surface area contributed by atoms with Crippen LogP contribution < -0.4 is 5.32 Å². The molecule has 5 heteroatoms. The number of rotatable bonds is 3. The first kappa shape index (κ1) is 13.5. The summed E-state index contributed by atoms with van der Waals surface area (Å²) in [6.07, 6.45) is 0. The van der Waals surface area contributed by atoms with Gasteiger partial charge in [-0.25, -0.2) is 4.79 Å². The van der Waals surface area contributed by atoms with Crippen molar-refractivity contribution < 1.29 is 14.3 Å². The van der Waals surface area contributed by atoms with Gasteiger partial charge in [0, 0.05) is 10.9 Å². The van der Waals surface area contributed by atoms with Gasteiger partial charge in [0.25, 0.3) is 0 Å². The first-order chi connectivity index (χ1) is 7.95. The molecule has 1 aromatic rings. The van der Waals surface area contributed by atoms with Gasteiger partial charge in [-0.05, 0) is 18.2 Å². The maximum Gasteiger partial charge on any atom is 0.340 e. The SMILES string of the molecule is COC(=O)c1cc(Cl)ccc1NC(=O)C(C)C. The fourth-order valence-corrected chi connectivity index (χ4v) is 1.35. The highest BCUT2D eigenvalue weighted by Crippen LogP contribution is 2.22. The number of hydrogen-bond donors (Lipinski definition) is 1. The zero-order valence-corrected chi connectivity index (χ0v) is 10.7. The highest BCUT2D eigenvalue weighted by molar-refractivity contribution is 6.31. The van der Waals surface area contributed by atoms with Crippen molar-refractivity contribution in [2.75, 3.05) is 12.4 Å². The molecule has 0 spiro atoms. The topological polar surface area (TPSA) is 55.4 Å². The molecule has 17 heavy (non-hydrogen) atoms. The van der Waals surface area contributed by atoms with E-state index in [0.29, 0.717) is 10.7 Å². The van der Waals surface area contributed by atoms with E-state index in [0.717, 1.165) is 0 Å². The molecular weight excluding hydrogens is 242 g/mol. The molecule has 0 aliphatic rings. The molecule has 0 radical (unpaired) electrons. The van der Waals surface area contributed by atoms with Crippen molar-refractivity contribution in [3.05, 3.63) is 28.8 Å². The lowest BCUT2D eigenvalue weighted by molar-refractivity contribution is -0.118. The minimum absolute atomic E-state index is 0.169. The number of halogens is 1. The van der Waals surface area contributed by atoms with Crippen LogP contribution in [0.15, 0.2) is 18.2 Å². The highest BCUT2D eigenvalue weighted by atomic mass is 35.5. The quantitative estimate of drug-likeness (QED) is 0.845. The summed E-state index contributed by atoms with van der Waals surface area (Å²) in [4.78, 5) is 23.1. The number of benzene rings is 1. The molecule has 0 aliphatic heterocycles. The summed E-state index contributed by atoms with van der Waals surface area (Å²) in [7, 11) is 1.28. The van der Waals surface area contributed by atoms with Gasteiger partial charge in [-0.2, -0.15) is 0 Å². The summed E-state index contributed by atoms with van der Waals surface area (Å²) >= 11 is 5.80. The lowest BCUT2D eigenvalue weighted by Crippen LogP contribution is -2.19. The predicted molar refractivity (Wildman–Crippen MR) is 66.3 cm³/mol. The molecule has 0 fully saturated rings. The average Bonchev–Trinajstić information content (AvgIpc) is 2.30. The number of methoxy groups -OCH3 is 1. The molecule has 1 aromatic carbocycles. The summed E-state index contributed by atoms with van der Waals surface area (Å²) in [5.74, 6) is -0.875. The molecule has 0 atom stereocenters. The van der Waals surface area contributed by atoms with Crippen molar-refractivity contribution in [3.63, 3.8) is 0 Å². The van der Waals surface area contributed by atoms with E-state index in [9.17, 15) is 9.59 Å². The zero-order chi connectivity index (χ0) is 13.0. The van der Waals surface area contributed by atoms with Gasteiger partial charge < -0.3 is 10.1 Å². The molecule has 0 saturated heterocycles. The van der Waals surface area contributed by atoms with E-state index in [-0.39, 0.29) is 17.4 Å². The van der Waals surface area contributed by atoms with E-state index in [1.807, 2.05) is 0 Å². The summed E-state index contributed by atoms with van der Waals surface area (Å²) in [6.45, 7) is 3.53. The third-order valence-electron chi connectivity index (χ3n) is 2.17. The fraction of sp³-hybridized carbons (Fsp3) is 0.333. The molecule has 1 N–H and O–H groups in total. The molecular formula is C12H14ClNO3. The number of ether oxygens (including phenoxy) is 1. The molecule has 1 rings (SSSR count). The molecule has 4 nitrogen and oxygen atoms in total. The highest BCUT2D eigenvalue weighted by Gasteiger charge is 2.15. The second kappa shape index (κ2) is 5.68.